The third kappa shape index (κ3) is 3.31. The van der Waals surface area contributed by atoms with E-state index in [9.17, 15) is 9.59 Å². The van der Waals surface area contributed by atoms with E-state index >= 15 is 0 Å². The van der Waals surface area contributed by atoms with Crippen LogP contribution in [0.2, 0.25) is 0 Å². The Kier molecular flexibility index (Phi) is 5.22. The van der Waals surface area contributed by atoms with Crippen LogP contribution in [0.25, 0.3) is 0 Å². The molecule has 1 aromatic heterocycles. The third-order valence-corrected chi connectivity index (χ3v) is 9.94. The number of aryl methyl sites for hydroxylation is 1. The van der Waals surface area contributed by atoms with E-state index < -0.39 is 0 Å². The van der Waals surface area contributed by atoms with Crippen LogP contribution in [0.3, 0.4) is 0 Å². The molecule has 0 saturated heterocycles. The van der Waals surface area contributed by atoms with Crippen molar-refractivity contribution in [3.8, 4) is 0 Å². The molecule has 5 nitrogen and oxygen atoms in total. The number of aromatic nitrogens is 1. The van der Waals surface area contributed by atoms with Gasteiger partial charge in [-0.2, -0.15) is 0 Å². The summed E-state index contributed by atoms with van der Waals surface area (Å²) in [4.78, 5) is 31.5. The van der Waals surface area contributed by atoms with Gasteiger partial charge in [0.05, 0.1) is 0 Å². The Morgan fingerprint density at radius 3 is 2.78 bits per heavy atom. The summed E-state index contributed by atoms with van der Waals surface area (Å²) in [7, 11) is 1.98. The fourth-order valence-electron chi connectivity index (χ4n) is 8.20. The lowest BCUT2D eigenvalue weighted by molar-refractivity contribution is -0.139. The molecule has 1 aromatic rings. The first kappa shape index (κ1) is 21.7. The first-order valence-corrected chi connectivity index (χ1v) is 12.4. The quantitative estimate of drug-likeness (QED) is 0.729. The molecular weight excluding hydrogens is 398 g/mol. The number of fused-ring (bicyclic) bond motifs is 5. The van der Waals surface area contributed by atoms with Crippen molar-refractivity contribution >= 4 is 17.6 Å². The third-order valence-electron chi connectivity index (χ3n) is 9.94. The Balaban J connectivity index is 1.31. The summed E-state index contributed by atoms with van der Waals surface area (Å²) in [5.41, 5.74) is 1.43. The number of anilines is 1. The van der Waals surface area contributed by atoms with Crippen molar-refractivity contribution in [2.45, 2.75) is 71.8 Å². The van der Waals surface area contributed by atoms with Gasteiger partial charge in [0.25, 0.3) is 0 Å². The summed E-state index contributed by atoms with van der Waals surface area (Å²) in [5.74, 6) is 3.38. The molecule has 0 aromatic carbocycles. The van der Waals surface area contributed by atoms with Gasteiger partial charge in [0.2, 0.25) is 11.8 Å². The lowest BCUT2D eigenvalue weighted by Gasteiger charge is -2.60. The molecule has 1 N–H and O–H groups in total. The largest absolute Gasteiger partial charge is 0.338 e. The Hall–Kier alpha value is -2.17. The van der Waals surface area contributed by atoms with Crippen molar-refractivity contribution in [1.29, 1.82) is 0 Å². The van der Waals surface area contributed by atoms with Crippen molar-refractivity contribution < 1.29 is 9.59 Å². The van der Waals surface area contributed by atoms with Gasteiger partial charge in [0, 0.05) is 31.1 Å². The highest BCUT2D eigenvalue weighted by Gasteiger charge is 2.60. The zero-order valence-corrected chi connectivity index (χ0v) is 19.9. The summed E-state index contributed by atoms with van der Waals surface area (Å²) in [6.45, 7) is 6.87. The molecule has 0 radical (unpaired) electrons. The van der Waals surface area contributed by atoms with E-state index in [-0.39, 0.29) is 22.6 Å². The molecule has 7 atom stereocenters. The molecule has 32 heavy (non-hydrogen) atoms. The summed E-state index contributed by atoms with van der Waals surface area (Å²) in [5, 5.41) is 3.03. The van der Waals surface area contributed by atoms with Crippen LogP contribution in [0.15, 0.2) is 30.5 Å². The molecule has 3 aliphatic carbocycles. The monoisotopic (exact) mass is 435 g/mol. The fourth-order valence-corrected chi connectivity index (χ4v) is 8.20. The van der Waals surface area contributed by atoms with Crippen LogP contribution in [-0.2, 0) is 9.59 Å². The average Bonchev–Trinajstić information content (AvgIpc) is 3.07. The molecule has 3 saturated carbocycles. The maximum Gasteiger partial charge on any atom is 0.246 e. The predicted molar refractivity (Wildman–Crippen MR) is 126 cm³/mol. The number of hydrogen-bond acceptors (Lipinski definition) is 3. The number of amides is 2. The Morgan fingerprint density at radius 1 is 1.19 bits per heavy atom. The van der Waals surface area contributed by atoms with E-state index in [1.807, 2.05) is 37.1 Å². The standard InChI is InChI=1S/C27H37N3O2/c1-17-11-14-28-23(15-17)29-24(31)16-18-5-7-20-19-6-8-22-27(3,13-10-25(32)30(22)4)21(19)9-12-26(18,20)2/h10-11,13-15,18-22H,5-9,12,16H2,1-4H3,(H,28,29,31)/t18?,19-,20-,21-,22+,26+,27+/m0/s1. The van der Waals surface area contributed by atoms with Gasteiger partial charge in [-0.05, 0) is 98.3 Å². The van der Waals surface area contributed by atoms with Crippen LogP contribution in [0, 0.1) is 41.4 Å². The highest BCUT2D eigenvalue weighted by molar-refractivity contribution is 5.90. The second kappa shape index (κ2) is 7.71. The highest BCUT2D eigenvalue weighted by Crippen LogP contribution is 2.65. The van der Waals surface area contributed by atoms with E-state index in [2.05, 4.69) is 30.2 Å². The number of nitrogens with zero attached hydrogens (tertiary/aromatic N) is 2. The van der Waals surface area contributed by atoms with Crippen LogP contribution in [0.5, 0.6) is 0 Å². The number of carbonyl (C=O) groups is 2. The molecule has 1 unspecified atom stereocenters. The van der Waals surface area contributed by atoms with Crippen LogP contribution >= 0.6 is 0 Å². The Bertz CT molecular complexity index is 958. The minimum Gasteiger partial charge on any atom is -0.338 e. The minimum absolute atomic E-state index is 0.0825. The first-order valence-electron chi connectivity index (χ1n) is 12.4. The SMILES string of the molecule is Cc1ccnc(NC(=O)CC2CC[C@H]3[C@@H]4CC[C@H]5N(C)C(=O)C=C[C@]5(C)[C@H]4CC[C@]23C)c1. The molecule has 172 valence electrons. The number of carbonyl (C=O) groups excluding carboxylic acids is 2. The van der Waals surface area contributed by atoms with E-state index in [0.29, 0.717) is 42.0 Å². The molecule has 1 aliphatic heterocycles. The molecule has 3 fully saturated rings. The van der Waals surface area contributed by atoms with Gasteiger partial charge in [0.15, 0.2) is 0 Å². The van der Waals surface area contributed by atoms with Crippen molar-refractivity contribution in [2.24, 2.45) is 34.5 Å². The molecule has 4 aliphatic rings. The number of hydrogen-bond donors (Lipinski definition) is 1. The van der Waals surface area contributed by atoms with Crippen molar-refractivity contribution in [3.05, 3.63) is 36.0 Å². The highest BCUT2D eigenvalue weighted by atomic mass is 16.2. The van der Waals surface area contributed by atoms with Gasteiger partial charge in [-0.3, -0.25) is 9.59 Å². The molecule has 5 heteroatoms. The van der Waals surface area contributed by atoms with Crippen molar-refractivity contribution in [2.75, 3.05) is 12.4 Å². The van der Waals surface area contributed by atoms with Gasteiger partial charge < -0.3 is 10.2 Å². The molecule has 2 heterocycles. The topological polar surface area (TPSA) is 62.3 Å². The number of pyridine rings is 1. The van der Waals surface area contributed by atoms with E-state index in [1.54, 1.807) is 6.20 Å². The van der Waals surface area contributed by atoms with Gasteiger partial charge >= 0.3 is 0 Å². The van der Waals surface area contributed by atoms with Gasteiger partial charge in [-0.25, -0.2) is 4.98 Å². The number of rotatable bonds is 3. The summed E-state index contributed by atoms with van der Waals surface area (Å²) in [6, 6.07) is 4.21. The molecular formula is C27H37N3O2. The predicted octanol–water partition coefficient (Wildman–Crippen LogP) is 4.97. The normalized spacial score (nSPS) is 40.4. The summed E-state index contributed by atoms with van der Waals surface area (Å²) < 4.78 is 0. The van der Waals surface area contributed by atoms with Gasteiger partial charge in [0.1, 0.15) is 5.82 Å². The average molecular weight is 436 g/mol. The van der Waals surface area contributed by atoms with E-state index in [1.165, 1.54) is 25.7 Å². The molecule has 5 rings (SSSR count). The van der Waals surface area contributed by atoms with Gasteiger partial charge in [-0.1, -0.05) is 19.9 Å². The van der Waals surface area contributed by atoms with Gasteiger partial charge in [-0.15, -0.1) is 0 Å². The van der Waals surface area contributed by atoms with Crippen LogP contribution < -0.4 is 5.32 Å². The van der Waals surface area contributed by atoms with Crippen LogP contribution in [-0.4, -0.2) is 34.8 Å². The fraction of sp³-hybridized carbons (Fsp3) is 0.667. The van der Waals surface area contributed by atoms with Crippen molar-refractivity contribution in [1.82, 2.24) is 9.88 Å². The number of likely N-dealkylation sites (N-methyl/N-ethyl adjacent to an activating group) is 1. The lowest BCUT2D eigenvalue weighted by atomic mass is 9.47. The van der Waals surface area contributed by atoms with E-state index in [0.717, 1.165) is 18.4 Å². The first-order chi connectivity index (χ1) is 15.2. The lowest BCUT2D eigenvalue weighted by Crippen LogP contribution is -2.59. The molecule has 0 bridgehead atoms. The maximum atomic E-state index is 12.9. The summed E-state index contributed by atoms with van der Waals surface area (Å²) in [6.07, 6.45) is 13.5. The Labute approximate surface area is 192 Å². The van der Waals surface area contributed by atoms with Crippen LogP contribution in [0.1, 0.15) is 64.4 Å². The summed E-state index contributed by atoms with van der Waals surface area (Å²) >= 11 is 0. The second-order valence-electron chi connectivity index (χ2n) is 11.4. The van der Waals surface area contributed by atoms with E-state index in [4.69, 9.17) is 0 Å². The zero-order valence-electron chi connectivity index (χ0n) is 19.9. The Morgan fingerprint density at radius 2 is 2.00 bits per heavy atom. The number of nitrogens with one attached hydrogen (secondary N) is 1. The smallest absolute Gasteiger partial charge is 0.246 e. The van der Waals surface area contributed by atoms with Crippen LogP contribution in [0.4, 0.5) is 5.82 Å². The zero-order chi connectivity index (χ0) is 22.7. The van der Waals surface area contributed by atoms with Crippen molar-refractivity contribution in [3.63, 3.8) is 0 Å². The maximum absolute atomic E-state index is 12.9. The second-order valence-corrected chi connectivity index (χ2v) is 11.4. The molecule has 0 spiro atoms. The minimum atomic E-state index is 0.0825. The molecule has 2 amide bonds.